The first kappa shape index (κ1) is 29.3. The number of aliphatic hydroxyl groups is 1. The van der Waals surface area contributed by atoms with Crippen LogP contribution in [0, 0.1) is 28.7 Å². The molecule has 0 radical (unpaired) electrons. The van der Waals surface area contributed by atoms with Gasteiger partial charge in [-0.05, 0) is 91.8 Å². The third-order valence-corrected chi connectivity index (χ3v) is 10.4. The van der Waals surface area contributed by atoms with Crippen LogP contribution in [0.1, 0.15) is 48.6 Å². The molecule has 2 atom stereocenters. The molecule has 2 aliphatic rings. The molecule has 1 heterocycles. The lowest BCUT2D eigenvalue weighted by Gasteiger charge is -2.42. The Morgan fingerprint density at radius 2 is 1.74 bits per heavy atom. The molecule has 0 spiro atoms. The van der Waals surface area contributed by atoms with Gasteiger partial charge in [-0.2, -0.15) is 5.10 Å². The predicted octanol–water partition coefficient (Wildman–Crippen LogP) is 6.01. The highest BCUT2D eigenvalue weighted by Crippen LogP contribution is 2.57. The number of hydrogen-bond acceptors (Lipinski definition) is 4. The van der Waals surface area contributed by atoms with Gasteiger partial charge in [0.15, 0.2) is 0 Å². The molecule has 4 aromatic rings. The van der Waals surface area contributed by atoms with Crippen LogP contribution in [0.25, 0.3) is 11.8 Å². The largest absolute Gasteiger partial charge is 0.389 e. The number of aryl methyl sites for hydroxylation is 1. The number of benzene rings is 3. The van der Waals surface area contributed by atoms with Crippen LogP contribution in [0.2, 0.25) is 0 Å². The topological polar surface area (TPSA) is 84.2 Å². The monoisotopic (exact) mass is 611 g/mol. The zero-order chi connectivity index (χ0) is 30.6. The van der Waals surface area contributed by atoms with Gasteiger partial charge in [0.1, 0.15) is 28.2 Å². The number of hydrogen-bond donors (Lipinski definition) is 2. The quantitative estimate of drug-likeness (QED) is 0.239. The average molecular weight is 612 g/mol. The minimum absolute atomic E-state index is 0.0858. The molecule has 43 heavy (non-hydrogen) atoms. The molecular formula is C32H29F4N3O3S. The Kier molecular flexibility index (Phi) is 7.30. The van der Waals surface area contributed by atoms with E-state index in [1.54, 1.807) is 29.1 Å². The predicted molar refractivity (Wildman–Crippen MR) is 153 cm³/mol. The summed E-state index contributed by atoms with van der Waals surface area (Å²) in [5.41, 5.74) is 2.50. The van der Waals surface area contributed by atoms with Gasteiger partial charge in [-0.1, -0.05) is 24.6 Å². The average Bonchev–Trinajstić information content (AvgIpc) is 3.47. The zero-order valence-electron chi connectivity index (χ0n) is 23.2. The van der Waals surface area contributed by atoms with E-state index in [4.69, 9.17) is 0 Å². The van der Waals surface area contributed by atoms with Crippen molar-refractivity contribution in [3.05, 3.63) is 118 Å². The third kappa shape index (κ3) is 5.19. The molecule has 0 unspecified atom stereocenters. The Labute approximate surface area is 246 Å². The molecular weight excluding hydrogens is 582 g/mol. The second kappa shape index (κ2) is 10.7. The van der Waals surface area contributed by atoms with Crippen LogP contribution < -0.4 is 4.72 Å². The van der Waals surface area contributed by atoms with E-state index in [-0.39, 0.29) is 24.2 Å². The van der Waals surface area contributed by atoms with Crippen molar-refractivity contribution in [1.82, 2.24) is 14.5 Å². The highest BCUT2D eigenvalue weighted by Gasteiger charge is 2.54. The zero-order valence-corrected chi connectivity index (χ0v) is 24.1. The van der Waals surface area contributed by atoms with Crippen molar-refractivity contribution in [1.29, 1.82) is 0 Å². The van der Waals surface area contributed by atoms with E-state index < -0.39 is 49.9 Å². The fourth-order valence-electron chi connectivity index (χ4n) is 6.43. The minimum Gasteiger partial charge on any atom is -0.389 e. The molecule has 1 saturated carbocycles. The van der Waals surface area contributed by atoms with Crippen molar-refractivity contribution >= 4 is 16.1 Å². The molecule has 0 saturated heterocycles. The van der Waals surface area contributed by atoms with Crippen LogP contribution in [0.5, 0.6) is 0 Å². The first-order valence-corrected chi connectivity index (χ1v) is 15.4. The smallest absolute Gasteiger partial charge is 0.243 e. The summed E-state index contributed by atoms with van der Waals surface area (Å²) in [5, 5.41) is 16.5. The van der Waals surface area contributed by atoms with E-state index >= 15 is 0 Å². The first-order chi connectivity index (χ1) is 20.4. The molecule has 224 valence electrons. The standard InChI is InChI=1S/C32H29F4N3O3S/c1-31-17-21-18-37-39(25-8-5-23(33)6-9-25)29(21)15-22(31)12-14-32(31,40)13-11-20-3-2-4-27(35)26(20)19-38-43(41,42)30-10-7-24(34)16-28(30)36/h2-10,15-16,18,38,40H,11-14,17,19H2,1H3/t31-,32-/m0/s1. The summed E-state index contributed by atoms with van der Waals surface area (Å²) in [6, 6.07) is 12.6. The van der Waals surface area contributed by atoms with E-state index in [1.165, 1.54) is 24.3 Å². The van der Waals surface area contributed by atoms with Gasteiger partial charge in [0.25, 0.3) is 0 Å². The molecule has 0 amide bonds. The Hall–Kier alpha value is -3.80. The summed E-state index contributed by atoms with van der Waals surface area (Å²) in [5.74, 6) is -3.14. The number of rotatable bonds is 8. The summed E-state index contributed by atoms with van der Waals surface area (Å²) in [7, 11) is -4.40. The molecule has 6 nitrogen and oxygen atoms in total. The Balaban J connectivity index is 1.21. The van der Waals surface area contributed by atoms with E-state index in [0.29, 0.717) is 30.9 Å². The highest BCUT2D eigenvalue weighted by molar-refractivity contribution is 7.89. The van der Waals surface area contributed by atoms with Gasteiger partial charge in [0, 0.05) is 23.6 Å². The van der Waals surface area contributed by atoms with Gasteiger partial charge in [-0.25, -0.2) is 35.4 Å². The van der Waals surface area contributed by atoms with Crippen LogP contribution in [0.15, 0.2) is 77.3 Å². The molecule has 11 heteroatoms. The normalized spacial score (nSPS) is 21.4. The van der Waals surface area contributed by atoms with Crippen LogP contribution in [-0.4, -0.2) is 28.9 Å². The Bertz CT molecular complexity index is 1860. The second-order valence-electron chi connectivity index (χ2n) is 11.4. The van der Waals surface area contributed by atoms with Gasteiger partial charge in [-0.15, -0.1) is 0 Å². The Morgan fingerprint density at radius 3 is 2.49 bits per heavy atom. The summed E-state index contributed by atoms with van der Waals surface area (Å²) >= 11 is 0. The van der Waals surface area contributed by atoms with Crippen molar-refractivity contribution in [2.45, 2.75) is 56.1 Å². The molecule has 0 aliphatic heterocycles. The fourth-order valence-corrected chi connectivity index (χ4v) is 7.49. The number of sulfonamides is 1. The van der Waals surface area contributed by atoms with E-state index in [0.717, 1.165) is 34.7 Å². The van der Waals surface area contributed by atoms with Crippen molar-refractivity contribution in [2.24, 2.45) is 5.41 Å². The van der Waals surface area contributed by atoms with E-state index in [9.17, 15) is 31.1 Å². The molecule has 2 N–H and O–H groups in total. The number of nitrogens with one attached hydrogen (secondary N) is 1. The molecule has 6 rings (SSSR count). The minimum atomic E-state index is -4.40. The molecule has 3 aromatic carbocycles. The van der Waals surface area contributed by atoms with Gasteiger partial charge >= 0.3 is 0 Å². The maximum atomic E-state index is 15.0. The number of aromatic nitrogens is 2. The highest BCUT2D eigenvalue weighted by atomic mass is 32.2. The Morgan fingerprint density at radius 1 is 1.00 bits per heavy atom. The van der Waals surface area contributed by atoms with Crippen molar-refractivity contribution in [3.8, 4) is 5.69 Å². The molecule has 1 aromatic heterocycles. The number of fused-ring (bicyclic) bond motifs is 2. The maximum absolute atomic E-state index is 15.0. The molecule has 2 aliphatic carbocycles. The molecule has 0 bridgehead atoms. The van der Waals surface area contributed by atoms with Gasteiger partial charge in [0.2, 0.25) is 10.0 Å². The first-order valence-electron chi connectivity index (χ1n) is 13.9. The fraction of sp³-hybridized carbons (Fsp3) is 0.281. The van der Waals surface area contributed by atoms with Gasteiger partial charge in [0.05, 0.1) is 23.2 Å². The SMILES string of the molecule is C[C@]12Cc3cnn(-c4ccc(F)cc4)c3C=C1CC[C@@]2(O)CCc1cccc(F)c1CNS(=O)(=O)c1ccc(F)cc1F. The van der Waals surface area contributed by atoms with Crippen LogP contribution in [0.3, 0.4) is 0 Å². The summed E-state index contributed by atoms with van der Waals surface area (Å²) in [4.78, 5) is -0.737. The van der Waals surface area contributed by atoms with Gasteiger partial charge < -0.3 is 5.11 Å². The lowest BCUT2D eigenvalue weighted by Crippen LogP contribution is -2.45. The van der Waals surface area contributed by atoms with Crippen molar-refractivity contribution in [2.75, 3.05) is 0 Å². The van der Waals surface area contributed by atoms with Crippen molar-refractivity contribution < 1.29 is 31.1 Å². The van der Waals surface area contributed by atoms with Crippen LogP contribution >= 0.6 is 0 Å². The summed E-state index contributed by atoms with van der Waals surface area (Å²) < 4.78 is 85.3. The van der Waals surface area contributed by atoms with Gasteiger partial charge in [-0.3, -0.25) is 0 Å². The number of halogens is 4. The maximum Gasteiger partial charge on any atom is 0.243 e. The van der Waals surface area contributed by atoms with Crippen LogP contribution in [0.4, 0.5) is 17.6 Å². The van der Waals surface area contributed by atoms with Crippen LogP contribution in [-0.2, 0) is 29.4 Å². The lowest BCUT2D eigenvalue weighted by molar-refractivity contribution is -0.0462. The lowest BCUT2D eigenvalue weighted by atomic mass is 9.65. The summed E-state index contributed by atoms with van der Waals surface area (Å²) in [6.45, 7) is 1.57. The molecule has 1 fully saturated rings. The summed E-state index contributed by atoms with van der Waals surface area (Å²) in [6.07, 6.45) is 6.04. The van der Waals surface area contributed by atoms with Crippen molar-refractivity contribution in [3.63, 3.8) is 0 Å². The second-order valence-corrected chi connectivity index (χ2v) is 13.2. The number of nitrogens with zero attached hydrogens (tertiary/aromatic N) is 2. The van der Waals surface area contributed by atoms with E-state index in [1.807, 2.05) is 13.0 Å². The third-order valence-electron chi connectivity index (χ3n) is 9.00. The van der Waals surface area contributed by atoms with E-state index in [2.05, 4.69) is 9.82 Å².